The van der Waals surface area contributed by atoms with Gasteiger partial charge in [0.2, 0.25) is 0 Å². The molecule has 7 heteroatoms. The Morgan fingerprint density at radius 1 is 0.200 bits per heavy atom. The highest BCUT2D eigenvalue weighted by molar-refractivity contribution is 7.23. The first-order valence-electron chi connectivity index (χ1n) is 41.1. The van der Waals surface area contributed by atoms with Gasteiger partial charge in [-0.15, -0.1) is 34.0 Å². The fraction of sp³-hybridized carbons (Fsp3) is 0.0265. The van der Waals surface area contributed by atoms with Crippen LogP contribution in [0.1, 0.15) is 66.8 Å². The highest BCUT2D eigenvalue weighted by Crippen LogP contribution is 2.71. The molecule has 0 N–H and O–H groups in total. The molecule has 6 aliphatic rings. The minimum Gasteiger partial charge on any atom is -0.256 e. The van der Waals surface area contributed by atoms with Crippen molar-refractivity contribution in [2.75, 3.05) is 0 Å². The predicted molar refractivity (Wildman–Crippen MR) is 500 cm³/mol. The number of pyridine rings is 4. The van der Waals surface area contributed by atoms with Crippen LogP contribution in [0.3, 0.4) is 0 Å². The smallest absolute Gasteiger partial charge is 0.0972 e. The standard InChI is InChI=1S/C39H22N2S.C38H23NS.C36H21NS/c1-4-14-29-25(10-1)34-27(32-21-20-24-19-18-23-9-8-22-40-36(23)37(24)41-32)13-7-16-31(34)39(29)30-15-5-2-11-26(30)38-35(39)28-12-3-6-17-33(28)42-38;1-4-14-30-27(10-1)28-11-2-5-15-31(28)38(30)32-16-9-13-26(24-19-21-25(22-20-24)33-17-7-8-23-39-33)35(32)37-36(38)29-12-3-6-18-34(29)40-37;1-4-15-29-25(11-1)26-12-2-5-16-30(26)36(29)31-19-18-23(24-14-7-9-22-10-8-20-37-34(22)24)21-28(31)35-33(36)27-13-3-6-17-32(27)38-35/h1-22H;1-23H;1-21H. The number of fused-ring (bicyclic) bond motifs is 40. The van der Waals surface area contributed by atoms with E-state index >= 15 is 0 Å². The van der Waals surface area contributed by atoms with Crippen molar-refractivity contribution in [1.29, 1.82) is 0 Å². The van der Waals surface area contributed by atoms with E-state index in [1.807, 2.05) is 76.9 Å². The summed E-state index contributed by atoms with van der Waals surface area (Å²) in [5, 5.41) is 7.46. The maximum Gasteiger partial charge on any atom is 0.0972 e. The van der Waals surface area contributed by atoms with Crippen LogP contribution in [0.4, 0.5) is 0 Å². The Morgan fingerprint density at radius 2 is 0.583 bits per heavy atom. The average molecular weight is 1580 g/mol. The Bertz CT molecular complexity index is 8050. The van der Waals surface area contributed by atoms with Crippen molar-refractivity contribution in [2.24, 2.45) is 0 Å². The number of para-hydroxylation sites is 1. The minimum atomic E-state index is -0.376. The maximum absolute atomic E-state index is 5.31. The summed E-state index contributed by atoms with van der Waals surface area (Å²) in [6.07, 6.45) is 5.61. The van der Waals surface area contributed by atoms with Crippen LogP contribution < -0.4 is 0 Å². The first-order valence-corrected chi connectivity index (χ1v) is 43.6. The van der Waals surface area contributed by atoms with Crippen LogP contribution in [-0.2, 0) is 16.2 Å². The van der Waals surface area contributed by atoms with Crippen LogP contribution in [0.15, 0.2) is 401 Å². The Morgan fingerprint density at radius 3 is 1.18 bits per heavy atom. The Kier molecular flexibility index (Phi) is 14.5. The topological polar surface area (TPSA) is 51.6 Å². The molecule has 120 heavy (non-hydrogen) atoms. The lowest BCUT2D eigenvalue weighted by Gasteiger charge is -2.30. The zero-order valence-electron chi connectivity index (χ0n) is 64.6. The van der Waals surface area contributed by atoms with Crippen molar-refractivity contribution in [3.8, 4) is 109 Å². The second-order valence-corrected chi connectivity index (χ2v) is 35.4. The van der Waals surface area contributed by atoms with Gasteiger partial charge in [-0.25, -0.2) is 4.98 Å². The minimum absolute atomic E-state index is 0.313. The number of nitrogens with zero attached hydrogens (tertiary/aromatic N) is 4. The molecule has 7 aromatic heterocycles. The fourth-order valence-electron chi connectivity index (χ4n) is 22.1. The van der Waals surface area contributed by atoms with Crippen LogP contribution in [0.25, 0.3) is 172 Å². The van der Waals surface area contributed by atoms with Crippen molar-refractivity contribution >= 4 is 97.0 Å². The summed E-state index contributed by atoms with van der Waals surface area (Å²) in [5.41, 5.74) is 39.9. The third-order valence-corrected chi connectivity index (χ3v) is 30.2. The molecule has 6 aliphatic carbocycles. The Labute approximate surface area is 704 Å². The van der Waals surface area contributed by atoms with Gasteiger partial charge in [-0.1, -0.05) is 328 Å². The largest absolute Gasteiger partial charge is 0.256 e. The molecule has 1 unspecified atom stereocenters. The second kappa shape index (κ2) is 25.8. The van der Waals surface area contributed by atoms with Crippen molar-refractivity contribution in [1.82, 2.24) is 19.9 Å². The normalized spacial score (nSPS) is 14.7. The van der Waals surface area contributed by atoms with E-state index in [0.717, 1.165) is 49.8 Å². The molecule has 1 atom stereocenters. The molecule has 0 aliphatic heterocycles. The third-order valence-electron chi connectivity index (χ3n) is 26.6. The van der Waals surface area contributed by atoms with Gasteiger partial charge in [-0.2, -0.15) is 0 Å². The molecule has 0 radical (unpaired) electrons. The Balaban J connectivity index is 0.0000000975. The van der Waals surface area contributed by atoms with Crippen molar-refractivity contribution in [3.63, 3.8) is 0 Å². The molecule has 556 valence electrons. The highest BCUT2D eigenvalue weighted by Gasteiger charge is 2.57. The van der Waals surface area contributed by atoms with Crippen molar-refractivity contribution in [3.05, 3.63) is 468 Å². The zero-order chi connectivity index (χ0) is 78.5. The number of hydrogen-bond donors (Lipinski definition) is 0. The number of rotatable bonds is 4. The summed E-state index contributed by atoms with van der Waals surface area (Å²) in [5.74, 6) is 0. The maximum atomic E-state index is 5.31. The molecule has 4 nitrogen and oxygen atoms in total. The SMILES string of the molecule is c1ccc(-c2ccc(-c3cccc4c3-c3sc5ccccc5c3C43c4ccccc4-c4ccccc43)cc2)nc1.c1ccc2c(c1)-c1ccccc1C21c2ccc(-c3cccc4cccnc34)cc2-c2sc3ccccc3c21.c1ccc2c(c1)-c1sc3ccccc3c1C21c2ccccc2-c2c(-c3ccc4ccc5cccnc5c4n3)cccc21. The summed E-state index contributed by atoms with van der Waals surface area (Å²) in [4.78, 5) is 23.5. The molecule has 7 heterocycles. The van der Waals surface area contributed by atoms with E-state index < -0.39 is 0 Å². The zero-order valence-corrected chi connectivity index (χ0v) is 67.1. The Hall–Kier alpha value is -14.4. The summed E-state index contributed by atoms with van der Waals surface area (Å²) in [6.45, 7) is 0. The molecule has 0 amide bonds. The number of benzene rings is 15. The lowest BCUT2D eigenvalue weighted by Crippen LogP contribution is -2.25. The van der Waals surface area contributed by atoms with Crippen molar-refractivity contribution in [2.45, 2.75) is 16.2 Å². The van der Waals surface area contributed by atoms with Crippen LogP contribution in [0.2, 0.25) is 0 Å². The van der Waals surface area contributed by atoms with Crippen LogP contribution >= 0.6 is 34.0 Å². The molecular weight excluding hydrogens is 1510 g/mol. The fourth-order valence-corrected chi connectivity index (χ4v) is 26.0. The van der Waals surface area contributed by atoms with Gasteiger partial charge >= 0.3 is 0 Å². The molecule has 0 bridgehead atoms. The van der Waals surface area contributed by atoms with E-state index in [4.69, 9.17) is 15.0 Å². The molecule has 15 aromatic carbocycles. The number of thiophene rings is 3. The van der Waals surface area contributed by atoms with Gasteiger partial charge in [0.1, 0.15) is 0 Å². The quantitative estimate of drug-likeness (QED) is 0.165. The van der Waals surface area contributed by atoms with Gasteiger partial charge in [-0.3, -0.25) is 15.0 Å². The van der Waals surface area contributed by atoms with Gasteiger partial charge < -0.3 is 0 Å². The third kappa shape index (κ3) is 9.12. The van der Waals surface area contributed by atoms with E-state index in [2.05, 4.69) is 363 Å². The first kappa shape index (κ1) is 67.7. The summed E-state index contributed by atoms with van der Waals surface area (Å²) < 4.78 is 4.04. The number of aromatic nitrogens is 4. The van der Waals surface area contributed by atoms with Gasteiger partial charge in [0.25, 0.3) is 0 Å². The van der Waals surface area contributed by atoms with E-state index in [9.17, 15) is 0 Å². The lowest BCUT2D eigenvalue weighted by molar-refractivity contribution is 0.803. The van der Waals surface area contributed by atoms with E-state index in [-0.39, 0.29) is 16.2 Å². The van der Waals surface area contributed by atoms with Gasteiger partial charge in [0.15, 0.2) is 0 Å². The van der Waals surface area contributed by atoms with Crippen LogP contribution in [-0.4, -0.2) is 19.9 Å². The van der Waals surface area contributed by atoms with Crippen LogP contribution in [0.5, 0.6) is 0 Å². The average Bonchev–Trinajstić information content (AvgIpc) is 1.51. The van der Waals surface area contributed by atoms with Crippen molar-refractivity contribution < 1.29 is 0 Å². The monoisotopic (exact) mass is 1570 g/mol. The van der Waals surface area contributed by atoms with E-state index in [1.165, 1.54) is 189 Å². The summed E-state index contributed by atoms with van der Waals surface area (Å²) in [7, 11) is 0. The molecular formula is C113H66N4S3. The first-order chi connectivity index (χ1) is 59.5. The molecule has 0 fully saturated rings. The van der Waals surface area contributed by atoms with Gasteiger partial charge in [-0.05, 0) is 199 Å². The van der Waals surface area contributed by atoms with Crippen LogP contribution in [0, 0.1) is 0 Å². The predicted octanol–water partition coefficient (Wildman–Crippen LogP) is 29.4. The van der Waals surface area contributed by atoms with Gasteiger partial charge in [0, 0.05) is 85.7 Å². The van der Waals surface area contributed by atoms with E-state index in [0.29, 0.717) is 0 Å². The molecule has 3 spiro atoms. The molecule has 0 saturated carbocycles. The summed E-state index contributed by atoms with van der Waals surface area (Å²) in [6, 6.07) is 140. The number of hydrogen-bond acceptors (Lipinski definition) is 7. The van der Waals surface area contributed by atoms with Gasteiger partial charge in [0.05, 0.1) is 44.2 Å². The molecule has 28 rings (SSSR count). The molecule has 22 aromatic rings. The second-order valence-electron chi connectivity index (χ2n) is 32.2. The molecule has 0 saturated heterocycles. The highest BCUT2D eigenvalue weighted by atomic mass is 32.1. The van der Waals surface area contributed by atoms with E-state index in [1.54, 1.807) is 0 Å². The summed E-state index contributed by atoms with van der Waals surface area (Å²) >= 11 is 5.79. The lowest BCUT2D eigenvalue weighted by atomic mass is 9.70.